The van der Waals surface area contributed by atoms with Gasteiger partial charge in [0.05, 0.1) is 38.1 Å². The zero-order valence-electron chi connectivity index (χ0n) is 9.55. The quantitative estimate of drug-likeness (QED) is 0.680. The number of hydrogen-bond donors (Lipinski definition) is 1. The molecule has 0 aliphatic carbocycles. The molecule has 1 aliphatic rings. The summed E-state index contributed by atoms with van der Waals surface area (Å²) in [6.07, 6.45) is 3.44. The molecular formula is C10H14N4O3. The molecule has 1 aliphatic heterocycles. The summed E-state index contributed by atoms with van der Waals surface area (Å²) in [5.41, 5.74) is 0.768. The summed E-state index contributed by atoms with van der Waals surface area (Å²) in [6, 6.07) is 0. The van der Waals surface area contributed by atoms with Gasteiger partial charge in [0.25, 0.3) is 0 Å². The lowest BCUT2D eigenvalue weighted by Crippen LogP contribution is -2.51. The number of nitrogens with one attached hydrogen (secondary N) is 1. The third kappa shape index (κ3) is 2.82. The van der Waals surface area contributed by atoms with Gasteiger partial charge in [-0.2, -0.15) is 5.10 Å². The second-order valence-corrected chi connectivity index (χ2v) is 3.78. The molecule has 7 nitrogen and oxygen atoms in total. The Hall–Kier alpha value is -1.89. The van der Waals surface area contributed by atoms with Crippen LogP contribution in [0, 0.1) is 0 Å². The van der Waals surface area contributed by atoms with Crippen LogP contribution >= 0.6 is 0 Å². The highest BCUT2D eigenvalue weighted by Gasteiger charge is 2.23. The van der Waals surface area contributed by atoms with Crippen LogP contribution in [0.4, 0.5) is 5.69 Å². The topological polar surface area (TPSA) is 76.5 Å². The van der Waals surface area contributed by atoms with Crippen molar-refractivity contribution in [2.45, 2.75) is 6.54 Å². The van der Waals surface area contributed by atoms with Crippen molar-refractivity contribution in [2.24, 2.45) is 0 Å². The van der Waals surface area contributed by atoms with E-state index < -0.39 is 0 Å². The van der Waals surface area contributed by atoms with E-state index in [2.05, 4.69) is 10.4 Å². The van der Waals surface area contributed by atoms with Crippen molar-refractivity contribution in [3.05, 3.63) is 12.4 Å². The second kappa shape index (κ2) is 4.96. The van der Waals surface area contributed by atoms with Crippen molar-refractivity contribution < 1.29 is 14.3 Å². The normalized spacial score (nSPS) is 16.2. The third-order valence-corrected chi connectivity index (χ3v) is 2.46. The third-order valence-electron chi connectivity index (χ3n) is 2.46. The van der Waals surface area contributed by atoms with E-state index in [1.54, 1.807) is 29.1 Å². The number of piperazine rings is 1. The van der Waals surface area contributed by atoms with Gasteiger partial charge < -0.3 is 9.64 Å². The molecule has 0 unspecified atom stereocenters. The fraction of sp³-hybridized carbons (Fsp3) is 0.500. The summed E-state index contributed by atoms with van der Waals surface area (Å²) in [5, 5.41) is 6.38. The Balaban J connectivity index is 2.03. The molecule has 1 aromatic heterocycles. The van der Waals surface area contributed by atoms with Crippen LogP contribution in [-0.4, -0.2) is 48.4 Å². The van der Waals surface area contributed by atoms with Crippen LogP contribution in [-0.2, 0) is 20.9 Å². The van der Waals surface area contributed by atoms with Gasteiger partial charge in [-0.05, 0) is 0 Å². The predicted molar refractivity (Wildman–Crippen MR) is 59.5 cm³/mol. The van der Waals surface area contributed by atoms with Crippen molar-refractivity contribution in [1.29, 1.82) is 0 Å². The van der Waals surface area contributed by atoms with Gasteiger partial charge in [-0.3, -0.25) is 19.6 Å². The molecule has 7 heteroatoms. The molecule has 92 valence electrons. The predicted octanol–water partition coefficient (Wildman–Crippen LogP) is -1.01. The average Bonchev–Trinajstić information content (AvgIpc) is 2.73. The van der Waals surface area contributed by atoms with Crippen LogP contribution in [0.15, 0.2) is 12.4 Å². The number of ether oxygens (including phenoxy) is 1. The Bertz CT molecular complexity index is 413. The van der Waals surface area contributed by atoms with Crippen LogP contribution in [0.2, 0.25) is 0 Å². The highest BCUT2D eigenvalue weighted by molar-refractivity contribution is 6.02. The zero-order chi connectivity index (χ0) is 12.3. The van der Waals surface area contributed by atoms with Crippen LogP contribution in [0.1, 0.15) is 0 Å². The first-order chi connectivity index (χ1) is 8.19. The second-order valence-electron chi connectivity index (χ2n) is 3.78. The molecule has 2 heterocycles. The van der Waals surface area contributed by atoms with Gasteiger partial charge in [-0.1, -0.05) is 0 Å². The molecule has 0 radical (unpaired) electrons. The Morgan fingerprint density at radius 3 is 2.76 bits per heavy atom. The van der Waals surface area contributed by atoms with Gasteiger partial charge >= 0.3 is 0 Å². The molecule has 0 bridgehead atoms. The first-order valence-electron chi connectivity index (χ1n) is 5.28. The number of methoxy groups -OCH3 is 1. The highest BCUT2D eigenvalue weighted by Crippen LogP contribution is 2.13. The summed E-state index contributed by atoms with van der Waals surface area (Å²) in [6.45, 7) is 1.58. The summed E-state index contributed by atoms with van der Waals surface area (Å²) < 4.78 is 6.66. The number of imide groups is 1. The highest BCUT2D eigenvalue weighted by atomic mass is 16.5. The number of rotatable bonds is 4. The van der Waals surface area contributed by atoms with E-state index in [-0.39, 0.29) is 24.9 Å². The van der Waals surface area contributed by atoms with E-state index in [0.717, 1.165) is 5.69 Å². The average molecular weight is 238 g/mol. The van der Waals surface area contributed by atoms with E-state index in [4.69, 9.17) is 4.74 Å². The van der Waals surface area contributed by atoms with E-state index in [9.17, 15) is 9.59 Å². The smallest absolute Gasteiger partial charge is 0.246 e. The SMILES string of the molecule is COCCn1cc(N2CC(=O)NC(=O)C2)cn1. The summed E-state index contributed by atoms with van der Waals surface area (Å²) in [4.78, 5) is 24.1. The molecule has 1 aromatic rings. The minimum atomic E-state index is -0.286. The van der Waals surface area contributed by atoms with Gasteiger partial charge in [0.2, 0.25) is 11.8 Å². The van der Waals surface area contributed by atoms with E-state index in [1.165, 1.54) is 0 Å². The molecule has 1 fully saturated rings. The van der Waals surface area contributed by atoms with Crippen molar-refractivity contribution in [3.8, 4) is 0 Å². The van der Waals surface area contributed by atoms with Gasteiger partial charge in [0, 0.05) is 13.3 Å². The molecule has 1 N–H and O–H groups in total. The molecular weight excluding hydrogens is 224 g/mol. The molecule has 2 amide bonds. The van der Waals surface area contributed by atoms with Gasteiger partial charge in [-0.15, -0.1) is 0 Å². The van der Waals surface area contributed by atoms with E-state index in [0.29, 0.717) is 13.2 Å². The zero-order valence-corrected chi connectivity index (χ0v) is 9.55. The van der Waals surface area contributed by atoms with E-state index >= 15 is 0 Å². The number of nitrogens with zero attached hydrogens (tertiary/aromatic N) is 3. The first-order valence-corrected chi connectivity index (χ1v) is 5.28. The lowest BCUT2D eigenvalue weighted by Gasteiger charge is -2.25. The fourth-order valence-electron chi connectivity index (χ4n) is 1.64. The van der Waals surface area contributed by atoms with Gasteiger partial charge in [-0.25, -0.2) is 0 Å². The number of amides is 2. The minimum Gasteiger partial charge on any atom is -0.383 e. The van der Waals surface area contributed by atoms with Crippen molar-refractivity contribution in [3.63, 3.8) is 0 Å². The molecule has 0 aromatic carbocycles. The number of carbonyl (C=O) groups excluding carboxylic acids is 2. The Morgan fingerprint density at radius 2 is 2.12 bits per heavy atom. The number of carbonyl (C=O) groups is 2. The maximum absolute atomic E-state index is 11.2. The maximum Gasteiger partial charge on any atom is 0.246 e. The van der Waals surface area contributed by atoms with Crippen molar-refractivity contribution >= 4 is 17.5 Å². The van der Waals surface area contributed by atoms with Crippen LogP contribution in [0.3, 0.4) is 0 Å². The molecule has 2 rings (SSSR count). The van der Waals surface area contributed by atoms with Crippen LogP contribution in [0.5, 0.6) is 0 Å². The summed E-state index contributed by atoms with van der Waals surface area (Å²) in [7, 11) is 1.62. The molecule has 0 saturated carbocycles. The lowest BCUT2D eigenvalue weighted by atomic mass is 10.3. The van der Waals surface area contributed by atoms with Crippen molar-refractivity contribution in [2.75, 3.05) is 31.7 Å². The number of hydrogen-bond acceptors (Lipinski definition) is 5. The molecule has 1 saturated heterocycles. The fourth-order valence-corrected chi connectivity index (χ4v) is 1.64. The Morgan fingerprint density at radius 1 is 1.41 bits per heavy atom. The monoisotopic (exact) mass is 238 g/mol. The molecule has 17 heavy (non-hydrogen) atoms. The van der Waals surface area contributed by atoms with Gasteiger partial charge in [0.1, 0.15) is 0 Å². The lowest BCUT2D eigenvalue weighted by molar-refractivity contribution is -0.130. The first kappa shape index (κ1) is 11.6. The van der Waals surface area contributed by atoms with Crippen LogP contribution < -0.4 is 10.2 Å². The largest absolute Gasteiger partial charge is 0.383 e. The Labute approximate surface area is 98.3 Å². The standard InChI is InChI=1S/C10H14N4O3/c1-17-3-2-14-5-8(4-11-14)13-6-9(15)12-10(16)7-13/h4-5H,2-3,6-7H2,1H3,(H,12,15,16). The Kier molecular flexibility index (Phi) is 3.38. The van der Waals surface area contributed by atoms with E-state index in [1.807, 2.05) is 0 Å². The van der Waals surface area contributed by atoms with Crippen LogP contribution in [0.25, 0.3) is 0 Å². The molecule has 0 atom stereocenters. The number of anilines is 1. The van der Waals surface area contributed by atoms with Crippen molar-refractivity contribution in [1.82, 2.24) is 15.1 Å². The van der Waals surface area contributed by atoms with Gasteiger partial charge in [0.15, 0.2) is 0 Å². The molecule has 0 spiro atoms. The summed E-state index contributed by atoms with van der Waals surface area (Å²) in [5.74, 6) is -0.572. The summed E-state index contributed by atoms with van der Waals surface area (Å²) >= 11 is 0. The maximum atomic E-state index is 11.2. The minimum absolute atomic E-state index is 0.182. The number of aromatic nitrogens is 2.